The first-order chi connectivity index (χ1) is 14.1. The van der Waals surface area contributed by atoms with Gasteiger partial charge in [-0.25, -0.2) is 4.79 Å². The van der Waals surface area contributed by atoms with Crippen LogP contribution in [0.5, 0.6) is 0 Å². The van der Waals surface area contributed by atoms with Crippen LogP contribution in [0, 0.1) is 11.8 Å². The summed E-state index contributed by atoms with van der Waals surface area (Å²) in [6.45, 7) is 1.61. The van der Waals surface area contributed by atoms with Gasteiger partial charge in [0.05, 0.1) is 23.0 Å². The number of ether oxygens (including phenoxy) is 1. The third-order valence-electron chi connectivity index (χ3n) is 6.52. The molecule has 0 spiro atoms. The highest BCUT2D eigenvalue weighted by molar-refractivity contribution is 6.07. The van der Waals surface area contributed by atoms with Gasteiger partial charge in [0.25, 0.3) is 0 Å². The third kappa shape index (κ3) is 3.17. The Morgan fingerprint density at radius 1 is 1.10 bits per heavy atom. The number of anilines is 2. The summed E-state index contributed by atoms with van der Waals surface area (Å²) in [7, 11) is 0. The molecule has 2 aromatic carbocycles. The molecule has 0 amide bonds. The quantitative estimate of drug-likeness (QED) is 0.781. The summed E-state index contributed by atoms with van der Waals surface area (Å²) in [6.07, 6.45) is 3.96. The van der Waals surface area contributed by atoms with Gasteiger partial charge in [0.1, 0.15) is 0 Å². The molecule has 0 radical (unpaired) electrons. The van der Waals surface area contributed by atoms with Crippen molar-refractivity contribution in [3.8, 4) is 0 Å². The Balaban J connectivity index is 1.57. The molecule has 3 N–H and O–H groups in total. The first kappa shape index (κ1) is 18.2. The Morgan fingerprint density at radius 3 is 2.59 bits per heavy atom. The third-order valence-corrected chi connectivity index (χ3v) is 6.52. The molecule has 6 nitrogen and oxygen atoms in total. The molecule has 0 aromatic heterocycles. The fraction of sp³-hybridized carbons (Fsp3) is 0.391. The predicted molar refractivity (Wildman–Crippen MR) is 112 cm³/mol. The summed E-state index contributed by atoms with van der Waals surface area (Å²) in [5, 5.41) is 16.6. The maximum atomic E-state index is 11.4. The molecule has 5 rings (SSSR count). The Bertz CT molecular complexity index is 964. The molecule has 2 aromatic rings. The molecular weight excluding hydrogens is 366 g/mol. The molecule has 2 atom stereocenters. The van der Waals surface area contributed by atoms with E-state index >= 15 is 0 Å². The Labute approximate surface area is 170 Å². The second kappa shape index (κ2) is 7.19. The van der Waals surface area contributed by atoms with Gasteiger partial charge in [0, 0.05) is 30.4 Å². The molecule has 2 heterocycles. The zero-order valence-electron chi connectivity index (χ0n) is 16.3. The Hall–Kier alpha value is -2.86. The molecule has 1 saturated heterocycles. The average Bonchev–Trinajstić information content (AvgIpc) is 3.14. The first-order valence-corrected chi connectivity index (χ1v) is 10.3. The van der Waals surface area contributed by atoms with Crippen molar-refractivity contribution in [3.63, 3.8) is 0 Å². The number of nitrogens with two attached hydrogens (primary N) is 1. The van der Waals surface area contributed by atoms with Gasteiger partial charge in [-0.1, -0.05) is 6.07 Å². The number of aromatic carboxylic acids is 1. The van der Waals surface area contributed by atoms with Crippen LogP contribution in [-0.2, 0) is 11.2 Å². The molecule has 1 fully saturated rings. The van der Waals surface area contributed by atoms with Crippen LogP contribution in [0.15, 0.2) is 47.6 Å². The number of hydrogen-bond acceptors (Lipinski definition) is 5. The zero-order valence-corrected chi connectivity index (χ0v) is 16.3. The van der Waals surface area contributed by atoms with Gasteiger partial charge >= 0.3 is 5.97 Å². The molecule has 0 saturated carbocycles. The number of nitrogen functional groups attached to an aromatic ring is 1. The number of hydrazone groups is 1. The molecule has 2 aliphatic heterocycles. The highest BCUT2D eigenvalue weighted by Gasteiger charge is 2.45. The second-order valence-corrected chi connectivity index (χ2v) is 8.18. The highest BCUT2D eigenvalue weighted by atomic mass is 16.5. The number of hydrogen-bond donors (Lipinski definition) is 2. The minimum Gasteiger partial charge on any atom is -0.478 e. The minimum absolute atomic E-state index is 0.296. The Kier molecular flexibility index (Phi) is 4.51. The highest BCUT2D eigenvalue weighted by Crippen LogP contribution is 2.43. The summed E-state index contributed by atoms with van der Waals surface area (Å²) in [5.74, 6) is -0.0157. The lowest BCUT2D eigenvalue weighted by Crippen LogP contribution is -2.43. The van der Waals surface area contributed by atoms with Crippen LogP contribution in [-0.4, -0.2) is 36.0 Å². The summed E-state index contributed by atoms with van der Waals surface area (Å²) in [4.78, 5) is 11.4. The number of fused-ring (bicyclic) bond motifs is 3. The van der Waals surface area contributed by atoms with Gasteiger partial charge in [-0.2, -0.15) is 5.10 Å². The van der Waals surface area contributed by atoms with Crippen LogP contribution in [0.1, 0.15) is 40.7 Å². The fourth-order valence-corrected chi connectivity index (χ4v) is 5.09. The van der Waals surface area contributed by atoms with Crippen LogP contribution in [0.25, 0.3) is 0 Å². The van der Waals surface area contributed by atoms with E-state index < -0.39 is 5.97 Å². The van der Waals surface area contributed by atoms with E-state index in [-0.39, 0.29) is 0 Å². The van der Waals surface area contributed by atoms with Gasteiger partial charge in [0.15, 0.2) is 0 Å². The van der Waals surface area contributed by atoms with Crippen LogP contribution in [0.2, 0.25) is 0 Å². The standard InChI is InChI=1S/C23H25N3O3/c24-17-3-5-18(6-4-17)26-22(14-9-11-29-12-10-14)20-8-1-15-13-16(23(27)28)2-7-19(15)21(20)25-26/h2-7,13-14,20,22H,1,8-12,24H2,(H,27,28). The molecule has 6 heteroatoms. The summed E-state index contributed by atoms with van der Waals surface area (Å²) >= 11 is 0. The molecule has 0 bridgehead atoms. The smallest absolute Gasteiger partial charge is 0.335 e. The predicted octanol–water partition coefficient (Wildman–Crippen LogP) is 3.55. The van der Waals surface area contributed by atoms with Crippen molar-refractivity contribution in [2.75, 3.05) is 24.0 Å². The van der Waals surface area contributed by atoms with E-state index in [2.05, 4.69) is 5.01 Å². The first-order valence-electron chi connectivity index (χ1n) is 10.3. The number of benzene rings is 2. The molecule has 150 valence electrons. The van der Waals surface area contributed by atoms with Gasteiger partial charge in [-0.3, -0.25) is 5.01 Å². The SMILES string of the molecule is Nc1ccc(N2N=C3c4ccc(C(=O)O)cc4CCC3C2C2CCOCC2)cc1. The maximum absolute atomic E-state index is 11.4. The van der Waals surface area contributed by atoms with Crippen molar-refractivity contribution in [2.24, 2.45) is 16.9 Å². The van der Waals surface area contributed by atoms with Gasteiger partial charge in [-0.05, 0) is 73.6 Å². The summed E-state index contributed by atoms with van der Waals surface area (Å²) < 4.78 is 5.62. The molecule has 2 unspecified atom stereocenters. The van der Waals surface area contributed by atoms with Crippen molar-refractivity contribution >= 4 is 23.1 Å². The van der Waals surface area contributed by atoms with E-state index in [1.54, 1.807) is 6.07 Å². The van der Waals surface area contributed by atoms with E-state index in [0.29, 0.717) is 23.4 Å². The monoisotopic (exact) mass is 391 g/mol. The molecule has 1 aliphatic carbocycles. The van der Waals surface area contributed by atoms with Crippen molar-refractivity contribution in [3.05, 3.63) is 59.2 Å². The van der Waals surface area contributed by atoms with Crippen molar-refractivity contribution in [2.45, 2.75) is 31.7 Å². The number of rotatable bonds is 3. The molecule has 3 aliphatic rings. The van der Waals surface area contributed by atoms with Crippen molar-refractivity contribution < 1.29 is 14.6 Å². The largest absolute Gasteiger partial charge is 0.478 e. The molecular formula is C23H25N3O3. The number of nitrogens with zero attached hydrogens (tertiary/aromatic N) is 2. The Morgan fingerprint density at radius 2 is 1.86 bits per heavy atom. The van der Waals surface area contributed by atoms with Gasteiger partial charge < -0.3 is 15.6 Å². The lowest BCUT2D eigenvalue weighted by Gasteiger charge is -2.37. The van der Waals surface area contributed by atoms with Gasteiger partial charge in [-0.15, -0.1) is 0 Å². The number of aryl methyl sites for hydroxylation is 1. The normalized spacial score (nSPS) is 24.0. The van der Waals surface area contributed by atoms with Crippen LogP contribution in [0.3, 0.4) is 0 Å². The fourth-order valence-electron chi connectivity index (χ4n) is 5.09. The van der Waals surface area contributed by atoms with Crippen LogP contribution in [0.4, 0.5) is 11.4 Å². The lowest BCUT2D eigenvalue weighted by atomic mass is 9.73. The zero-order chi connectivity index (χ0) is 20.0. The van der Waals surface area contributed by atoms with Crippen molar-refractivity contribution in [1.82, 2.24) is 0 Å². The second-order valence-electron chi connectivity index (χ2n) is 8.18. The van der Waals surface area contributed by atoms with Crippen molar-refractivity contribution in [1.29, 1.82) is 0 Å². The van der Waals surface area contributed by atoms with Crippen LogP contribution < -0.4 is 10.7 Å². The van der Waals surface area contributed by atoms with E-state index in [1.807, 2.05) is 36.4 Å². The average molecular weight is 391 g/mol. The summed E-state index contributed by atoms with van der Waals surface area (Å²) in [5.41, 5.74) is 11.3. The topological polar surface area (TPSA) is 88.2 Å². The number of carboxylic acid groups (broad SMARTS) is 1. The summed E-state index contributed by atoms with van der Waals surface area (Å²) in [6, 6.07) is 13.7. The minimum atomic E-state index is -0.883. The van der Waals surface area contributed by atoms with Gasteiger partial charge in [0.2, 0.25) is 0 Å². The van der Waals surface area contributed by atoms with E-state index in [0.717, 1.165) is 67.1 Å². The van der Waals surface area contributed by atoms with E-state index in [1.165, 1.54) is 0 Å². The molecule has 29 heavy (non-hydrogen) atoms. The van der Waals surface area contributed by atoms with E-state index in [9.17, 15) is 9.90 Å². The number of carboxylic acids is 1. The maximum Gasteiger partial charge on any atom is 0.335 e. The van der Waals surface area contributed by atoms with Crippen LogP contribution >= 0.6 is 0 Å². The van der Waals surface area contributed by atoms with E-state index in [4.69, 9.17) is 15.6 Å². The lowest BCUT2D eigenvalue weighted by molar-refractivity contribution is 0.0543. The number of carbonyl (C=O) groups is 1.